The average Bonchev–Trinajstić information content (AvgIpc) is 3.28. The van der Waals surface area contributed by atoms with Crippen LogP contribution < -0.4 is 5.69 Å². The molecule has 5 rings (SSSR count). The van der Waals surface area contributed by atoms with Crippen molar-refractivity contribution < 1.29 is 0 Å². The summed E-state index contributed by atoms with van der Waals surface area (Å²) in [6, 6.07) is 18.8. The fourth-order valence-electron chi connectivity index (χ4n) is 4.41. The number of hydrogen-bond acceptors (Lipinski definition) is 2. The van der Waals surface area contributed by atoms with Gasteiger partial charge in [-0.2, -0.15) is 4.68 Å². The number of aryl methyl sites for hydroxylation is 1. The molecule has 4 nitrogen and oxygen atoms in total. The van der Waals surface area contributed by atoms with Gasteiger partial charge in [0.05, 0.1) is 11.7 Å². The molecule has 0 saturated heterocycles. The molecular formula is C22H23N3O. The Morgan fingerprint density at radius 1 is 1.08 bits per heavy atom. The Hall–Kier alpha value is -2.62. The summed E-state index contributed by atoms with van der Waals surface area (Å²) in [6.07, 6.45) is 5.53. The predicted octanol–water partition coefficient (Wildman–Crippen LogP) is 4.01. The molecule has 0 spiro atoms. The van der Waals surface area contributed by atoms with Crippen molar-refractivity contribution in [1.82, 2.24) is 14.3 Å². The molecular weight excluding hydrogens is 322 g/mol. The van der Waals surface area contributed by atoms with E-state index in [1.807, 2.05) is 34.9 Å². The van der Waals surface area contributed by atoms with Gasteiger partial charge in [-0.25, -0.2) is 4.79 Å². The summed E-state index contributed by atoms with van der Waals surface area (Å²) >= 11 is 0. The summed E-state index contributed by atoms with van der Waals surface area (Å²) in [4.78, 5) is 13.1. The molecule has 132 valence electrons. The number of nitrogens with zero attached hydrogens (tertiary/aromatic N) is 3. The van der Waals surface area contributed by atoms with Gasteiger partial charge in [0, 0.05) is 6.42 Å². The fourth-order valence-corrected chi connectivity index (χ4v) is 4.41. The fraction of sp³-hybridized carbons (Fsp3) is 0.364. The van der Waals surface area contributed by atoms with Crippen LogP contribution >= 0.6 is 0 Å². The van der Waals surface area contributed by atoms with Gasteiger partial charge in [-0.15, -0.1) is 5.10 Å². The third-order valence-electron chi connectivity index (χ3n) is 6.27. The minimum atomic E-state index is -0.0317. The Labute approximate surface area is 153 Å². The highest BCUT2D eigenvalue weighted by atomic mass is 16.2. The van der Waals surface area contributed by atoms with Crippen LogP contribution in [0.5, 0.6) is 0 Å². The van der Waals surface area contributed by atoms with E-state index in [1.54, 1.807) is 4.68 Å². The summed E-state index contributed by atoms with van der Waals surface area (Å²) in [6.45, 7) is 2.26. The number of fused-ring (bicyclic) bond motifs is 1. The second-order valence-electron chi connectivity index (χ2n) is 7.63. The average molecular weight is 345 g/mol. The standard InChI is InChI=1S/C22H23N3O/c1-2-22(14-15-22)17-8-10-18(11-9-17)25-21(26)24-19(12-13-20(24)23-25)16-6-4-3-5-7-16/h3-11,19H,2,12-15H2,1H3/t19-/m0/s1. The Bertz CT molecular complexity index is 994. The molecule has 26 heavy (non-hydrogen) atoms. The molecule has 0 bridgehead atoms. The van der Waals surface area contributed by atoms with Crippen LogP contribution in [-0.2, 0) is 11.8 Å². The molecule has 0 N–H and O–H groups in total. The van der Waals surface area contributed by atoms with Crippen LogP contribution in [0.2, 0.25) is 0 Å². The van der Waals surface area contributed by atoms with Crippen LogP contribution in [0, 0.1) is 0 Å². The van der Waals surface area contributed by atoms with E-state index in [4.69, 9.17) is 0 Å². The lowest BCUT2D eigenvalue weighted by Crippen LogP contribution is -2.26. The zero-order chi connectivity index (χ0) is 17.7. The van der Waals surface area contributed by atoms with Crippen molar-refractivity contribution in [1.29, 1.82) is 0 Å². The zero-order valence-corrected chi connectivity index (χ0v) is 15.1. The SMILES string of the molecule is CCC1(c2ccc(-n3nc4n(c3=O)[C@H](c3ccccc3)CC4)cc2)CC1. The summed E-state index contributed by atoms with van der Waals surface area (Å²) in [5, 5.41) is 4.63. The maximum Gasteiger partial charge on any atom is 0.351 e. The van der Waals surface area contributed by atoms with Gasteiger partial charge in [0.2, 0.25) is 0 Å². The van der Waals surface area contributed by atoms with Gasteiger partial charge >= 0.3 is 5.69 Å². The lowest BCUT2D eigenvalue weighted by Gasteiger charge is -2.13. The highest BCUT2D eigenvalue weighted by Gasteiger charge is 2.42. The highest BCUT2D eigenvalue weighted by molar-refractivity contribution is 5.39. The summed E-state index contributed by atoms with van der Waals surface area (Å²) in [5.74, 6) is 0.889. The van der Waals surface area contributed by atoms with Crippen LogP contribution in [0.3, 0.4) is 0 Å². The molecule has 3 aromatic rings. The molecule has 2 heterocycles. The molecule has 2 aromatic carbocycles. The smallest absolute Gasteiger partial charge is 0.271 e. The topological polar surface area (TPSA) is 39.8 Å². The maximum atomic E-state index is 13.1. The molecule has 1 aromatic heterocycles. The normalized spacial score (nSPS) is 20.1. The van der Waals surface area contributed by atoms with Crippen molar-refractivity contribution in [3.05, 3.63) is 82.0 Å². The van der Waals surface area contributed by atoms with E-state index in [1.165, 1.54) is 30.4 Å². The minimum Gasteiger partial charge on any atom is -0.271 e. The van der Waals surface area contributed by atoms with Gasteiger partial charge in [-0.05, 0) is 54.4 Å². The van der Waals surface area contributed by atoms with Crippen molar-refractivity contribution in [3.8, 4) is 5.69 Å². The van der Waals surface area contributed by atoms with Gasteiger partial charge in [0.15, 0.2) is 0 Å². The number of benzene rings is 2. The second-order valence-corrected chi connectivity index (χ2v) is 7.63. The molecule has 2 aliphatic rings. The molecule has 1 aliphatic carbocycles. The van der Waals surface area contributed by atoms with Crippen molar-refractivity contribution >= 4 is 0 Å². The summed E-state index contributed by atoms with van der Waals surface area (Å²) in [5.41, 5.74) is 3.79. The first-order chi connectivity index (χ1) is 12.7. The highest BCUT2D eigenvalue weighted by Crippen LogP contribution is 2.50. The lowest BCUT2D eigenvalue weighted by molar-refractivity contribution is 0.588. The van der Waals surface area contributed by atoms with Crippen molar-refractivity contribution in [2.24, 2.45) is 0 Å². The molecule has 1 saturated carbocycles. The summed E-state index contributed by atoms with van der Waals surface area (Å²) < 4.78 is 3.44. The van der Waals surface area contributed by atoms with Gasteiger partial charge in [-0.1, -0.05) is 49.4 Å². The molecule has 1 aliphatic heterocycles. The third kappa shape index (κ3) is 2.28. The number of rotatable bonds is 4. The van der Waals surface area contributed by atoms with Crippen LogP contribution in [0.25, 0.3) is 5.69 Å². The van der Waals surface area contributed by atoms with E-state index in [0.29, 0.717) is 5.41 Å². The van der Waals surface area contributed by atoms with E-state index < -0.39 is 0 Å². The van der Waals surface area contributed by atoms with Crippen LogP contribution in [0.4, 0.5) is 0 Å². The van der Waals surface area contributed by atoms with Crippen molar-refractivity contribution in [2.45, 2.75) is 50.5 Å². The Morgan fingerprint density at radius 3 is 2.46 bits per heavy atom. The Kier molecular flexibility index (Phi) is 3.42. The molecule has 1 fully saturated rings. The zero-order valence-electron chi connectivity index (χ0n) is 15.1. The molecule has 0 amide bonds. The number of aromatic nitrogens is 3. The molecule has 1 atom stereocenters. The van der Waals surface area contributed by atoms with Crippen LogP contribution in [0.1, 0.15) is 55.6 Å². The largest absolute Gasteiger partial charge is 0.351 e. The van der Waals surface area contributed by atoms with E-state index >= 15 is 0 Å². The first-order valence-electron chi connectivity index (χ1n) is 9.58. The second kappa shape index (κ2) is 5.70. The van der Waals surface area contributed by atoms with E-state index in [2.05, 4.69) is 36.3 Å². The lowest BCUT2D eigenvalue weighted by atomic mass is 9.93. The van der Waals surface area contributed by atoms with Gasteiger partial charge in [0.1, 0.15) is 5.82 Å². The van der Waals surface area contributed by atoms with Crippen molar-refractivity contribution in [2.75, 3.05) is 0 Å². The Morgan fingerprint density at radius 2 is 1.81 bits per heavy atom. The van der Waals surface area contributed by atoms with Crippen LogP contribution in [0.15, 0.2) is 59.4 Å². The molecule has 4 heteroatoms. The van der Waals surface area contributed by atoms with E-state index in [9.17, 15) is 4.79 Å². The predicted molar refractivity (Wildman–Crippen MR) is 102 cm³/mol. The van der Waals surface area contributed by atoms with Gasteiger partial charge < -0.3 is 0 Å². The summed E-state index contributed by atoms with van der Waals surface area (Å²) in [7, 11) is 0. The monoisotopic (exact) mass is 345 g/mol. The van der Waals surface area contributed by atoms with E-state index in [-0.39, 0.29) is 11.7 Å². The molecule has 0 radical (unpaired) electrons. The quantitative estimate of drug-likeness (QED) is 0.717. The third-order valence-corrected chi connectivity index (χ3v) is 6.27. The van der Waals surface area contributed by atoms with Crippen LogP contribution in [-0.4, -0.2) is 14.3 Å². The van der Waals surface area contributed by atoms with Crippen molar-refractivity contribution in [3.63, 3.8) is 0 Å². The Balaban J connectivity index is 1.52. The first-order valence-corrected chi connectivity index (χ1v) is 9.58. The van der Waals surface area contributed by atoms with Gasteiger partial charge in [0.25, 0.3) is 0 Å². The minimum absolute atomic E-state index is 0.0317. The van der Waals surface area contributed by atoms with Gasteiger partial charge in [-0.3, -0.25) is 4.57 Å². The maximum absolute atomic E-state index is 13.1. The molecule has 0 unspecified atom stereocenters. The van der Waals surface area contributed by atoms with E-state index in [0.717, 1.165) is 24.4 Å². The first kappa shape index (κ1) is 15.6. The number of hydrogen-bond donors (Lipinski definition) is 0.